The Balaban J connectivity index is 2.05. The summed E-state index contributed by atoms with van der Waals surface area (Å²) in [5.74, 6) is 1.34. The standard InChI is InChI=1S/C20H25ClN2O3/c1-13-15(21)7-6-8-16(13)23-19(24)22-12-20(2,3)14-9-10-17(25-4)18(11-14)26-5/h6-11H,12H2,1-5H3,(H2,22,23,24). The third kappa shape index (κ3) is 4.61. The first-order chi connectivity index (χ1) is 12.3. The van der Waals surface area contributed by atoms with Crippen LogP contribution in [0.2, 0.25) is 5.02 Å². The van der Waals surface area contributed by atoms with Gasteiger partial charge in [0, 0.05) is 22.7 Å². The summed E-state index contributed by atoms with van der Waals surface area (Å²) in [6, 6.07) is 10.9. The predicted molar refractivity (Wildman–Crippen MR) is 106 cm³/mol. The minimum atomic E-state index is -0.291. The molecule has 6 heteroatoms. The minimum absolute atomic E-state index is 0.274. The summed E-state index contributed by atoms with van der Waals surface area (Å²) in [5, 5.41) is 6.37. The molecule has 2 N–H and O–H groups in total. The van der Waals surface area contributed by atoms with Gasteiger partial charge < -0.3 is 20.1 Å². The smallest absolute Gasteiger partial charge is 0.319 e. The van der Waals surface area contributed by atoms with E-state index in [2.05, 4.69) is 24.5 Å². The number of rotatable bonds is 6. The summed E-state index contributed by atoms with van der Waals surface area (Å²) in [5.41, 5.74) is 2.28. The van der Waals surface area contributed by atoms with E-state index in [1.54, 1.807) is 26.4 Å². The van der Waals surface area contributed by atoms with E-state index in [1.807, 2.05) is 31.2 Å². The van der Waals surface area contributed by atoms with E-state index < -0.39 is 0 Å². The quantitative estimate of drug-likeness (QED) is 0.763. The summed E-state index contributed by atoms with van der Waals surface area (Å²) >= 11 is 6.09. The molecule has 2 amide bonds. The lowest BCUT2D eigenvalue weighted by atomic mass is 9.84. The number of carbonyl (C=O) groups is 1. The Morgan fingerprint density at radius 1 is 1.12 bits per heavy atom. The van der Waals surface area contributed by atoms with Crippen molar-refractivity contribution in [2.45, 2.75) is 26.2 Å². The summed E-state index contributed by atoms with van der Waals surface area (Å²) in [6.45, 7) is 6.43. The zero-order valence-electron chi connectivity index (χ0n) is 15.8. The van der Waals surface area contributed by atoms with Crippen molar-refractivity contribution in [3.8, 4) is 11.5 Å². The third-order valence-corrected chi connectivity index (χ3v) is 4.78. The maximum atomic E-state index is 12.3. The molecule has 0 radical (unpaired) electrons. The van der Waals surface area contributed by atoms with Crippen LogP contribution >= 0.6 is 11.6 Å². The van der Waals surface area contributed by atoms with Gasteiger partial charge >= 0.3 is 6.03 Å². The molecule has 0 spiro atoms. The van der Waals surface area contributed by atoms with Crippen LogP contribution in [0, 0.1) is 6.92 Å². The average Bonchev–Trinajstić information content (AvgIpc) is 2.63. The van der Waals surface area contributed by atoms with Crippen LogP contribution in [0.3, 0.4) is 0 Å². The highest BCUT2D eigenvalue weighted by atomic mass is 35.5. The first kappa shape index (κ1) is 19.9. The molecule has 0 bridgehead atoms. The first-order valence-corrected chi connectivity index (χ1v) is 8.68. The molecule has 0 aliphatic carbocycles. The Kier molecular flexibility index (Phi) is 6.37. The molecule has 140 valence electrons. The van der Waals surface area contributed by atoms with Crippen LogP contribution in [0.15, 0.2) is 36.4 Å². The van der Waals surface area contributed by atoms with Crippen LogP contribution in [-0.2, 0) is 5.41 Å². The van der Waals surface area contributed by atoms with Crippen molar-refractivity contribution in [1.82, 2.24) is 5.32 Å². The van der Waals surface area contributed by atoms with Crippen LogP contribution in [-0.4, -0.2) is 26.8 Å². The largest absolute Gasteiger partial charge is 0.493 e. The van der Waals surface area contributed by atoms with Gasteiger partial charge in [0.2, 0.25) is 0 Å². The second-order valence-electron chi connectivity index (χ2n) is 6.67. The molecule has 0 fully saturated rings. The van der Waals surface area contributed by atoms with Crippen molar-refractivity contribution < 1.29 is 14.3 Å². The van der Waals surface area contributed by atoms with Crippen molar-refractivity contribution >= 4 is 23.3 Å². The van der Waals surface area contributed by atoms with Crippen molar-refractivity contribution in [2.24, 2.45) is 0 Å². The molecular formula is C20H25ClN2O3. The molecule has 2 aromatic carbocycles. The molecule has 2 aromatic rings. The summed E-state index contributed by atoms with van der Waals surface area (Å²) in [7, 11) is 3.21. The highest BCUT2D eigenvalue weighted by Crippen LogP contribution is 2.33. The molecule has 0 heterocycles. The van der Waals surface area contributed by atoms with Crippen LogP contribution in [0.1, 0.15) is 25.0 Å². The number of urea groups is 1. The molecule has 0 aromatic heterocycles. The maximum Gasteiger partial charge on any atom is 0.319 e. The highest BCUT2D eigenvalue weighted by molar-refractivity contribution is 6.31. The number of halogens is 1. The number of anilines is 1. The van der Waals surface area contributed by atoms with Gasteiger partial charge in [-0.05, 0) is 42.3 Å². The highest BCUT2D eigenvalue weighted by Gasteiger charge is 2.23. The fraction of sp³-hybridized carbons (Fsp3) is 0.350. The van der Waals surface area contributed by atoms with Gasteiger partial charge in [-0.3, -0.25) is 0 Å². The lowest BCUT2D eigenvalue weighted by Gasteiger charge is -2.26. The lowest BCUT2D eigenvalue weighted by molar-refractivity contribution is 0.249. The second-order valence-corrected chi connectivity index (χ2v) is 7.08. The number of benzene rings is 2. The molecule has 5 nitrogen and oxygen atoms in total. The zero-order chi connectivity index (χ0) is 19.3. The molecule has 0 saturated carbocycles. The van der Waals surface area contributed by atoms with E-state index in [9.17, 15) is 4.79 Å². The summed E-state index contributed by atoms with van der Waals surface area (Å²) < 4.78 is 10.6. The van der Waals surface area contributed by atoms with E-state index >= 15 is 0 Å². The van der Waals surface area contributed by atoms with E-state index in [4.69, 9.17) is 21.1 Å². The number of ether oxygens (including phenoxy) is 2. The van der Waals surface area contributed by atoms with E-state index in [-0.39, 0.29) is 11.4 Å². The van der Waals surface area contributed by atoms with Crippen LogP contribution in [0.4, 0.5) is 10.5 Å². The third-order valence-electron chi connectivity index (χ3n) is 4.37. The van der Waals surface area contributed by atoms with Gasteiger partial charge in [-0.25, -0.2) is 4.79 Å². The number of amides is 2. The predicted octanol–water partition coefficient (Wildman–Crippen LogP) is 4.76. The SMILES string of the molecule is COc1ccc(C(C)(C)CNC(=O)Nc2cccc(Cl)c2C)cc1OC. The van der Waals surface area contributed by atoms with Crippen molar-refractivity contribution in [3.05, 3.63) is 52.5 Å². The Labute approximate surface area is 159 Å². The maximum absolute atomic E-state index is 12.3. The molecule has 0 unspecified atom stereocenters. The van der Waals surface area contributed by atoms with Gasteiger partial charge in [0.15, 0.2) is 11.5 Å². The number of methoxy groups -OCH3 is 2. The first-order valence-electron chi connectivity index (χ1n) is 8.31. The zero-order valence-corrected chi connectivity index (χ0v) is 16.5. The average molecular weight is 377 g/mol. The van der Waals surface area contributed by atoms with Gasteiger partial charge in [0.1, 0.15) is 0 Å². The molecular weight excluding hydrogens is 352 g/mol. The van der Waals surface area contributed by atoms with Crippen molar-refractivity contribution in [3.63, 3.8) is 0 Å². The number of hydrogen-bond acceptors (Lipinski definition) is 3. The molecule has 0 aliphatic rings. The van der Waals surface area contributed by atoms with Gasteiger partial charge in [-0.1, -0.05) is 37.6 Å². The summed E-state index contributed by atoms with van der Waals surface area (Å²) in [6.07, 6.45) is 0. The van der Waals surface area contributed by atoms with E-state index in [0.717, 1.165) is 11.1 Å². The fourth-order valence-corrected chi connectivity index (χ4v) is 2.74. The fourth-order valence-electron chi connectivity index (χ4n) is 2.57. The van der Waals surface area contributed by atoms with Crippen LogP contribution in [0.25, 0.3) is 0 Å². The van der Waals surface area contributed by atoms with Gasteiger partial charge in [0.05, 0.1) is 14.2 Å². The minimum Gasteiger partial charge on any atom is -0.493 e. The second kappa shape index (κ2) is 8.32. The lowest BCUT2D eigenvalue weighted by Crippen LogP contribution is -2.39. The Hall–Kier alpha value is -2.40. The van der Waals surface area contributed by atoms with Crippen LogP contribution < -0.4 is 20.1 Å². The monoisotopic (exact) mass is 376 g/mol. The normalized spacial score (nSPS) is 11.0. The van der Waals surface area contributed by atoms with Gasteiger partial charge in [0.25, 0.3) is 0 Å². The molecule has 26 heavy (non-hydrogen) atoms. The molecule has 0 aliphatic heterocycles. The topological polar surface area (TPSA) is 59.6 Å². The molecule has 0 atom stereocenters. The van der Waals surface area contributed by atoms with Gasteiger partial charge in [-0.2, -0.15) is 0 Å². The Morgan fingerprint density at radius 2 is 1.81 bits per heavy atom. The summed E-state index contributed by atoms with van der Waals surface area (Å²) in [4.78, 5) is 12.3. The van der Waals surface area contributed by atoms with Crippen LogP contribution in [0.5, 0.6) is 11.5 Å². The Morgan fingerprint density at radius 3 is 2.46 bits per heavy atom. The Bertz CT molecular complexity index is 791. The number of nitrogens with one attached hydrogen (secondary N) is 2. The van der Waals surface area contributed by atoms with E-state index in [1.165, 1.54) is 0 Å². The number of carbonyl (C=O) groups excluding carboxylic acids is 1. The number of hydrogen-bond donors (Lipinski definition) is 2. The van der Waals surface area contributed by atoms with Crippen molar-refractivity contribution in [1.29, 1.82) is 0 Å². The van der Waals surface area contributed by atoms with Crippen molar-refractivity contribution in [2.75, 3.05) is 26.1 Å². The molecule has 2 rings (SSSR count). The van der Waals surface area contributed by atoms with Gasteiger partial charge in [-0.15, -0.1) is 0 Å². The molecule has 0 saturated heterocycles. The van der Waals surface area contributed by atoms with E-state index in [0.29, 0.717) is 28.8 Å².